The third-order valence-corrected chi connectivity index (χ3v) is 1.82. The summed E-state index contributed by atoms with van der Waals surface area (Å²) in [6.45, 7) is 4.10. The maximum Gasteiger partial charge on any atom is 0.0646 e. The zero-order valence-corrected chi connectivity index (χ0v) is 8.70. The predicted molar refractivity (Wildman–Crippen MR) is 57.1 cm³/mol. The van der Waals surface area contributed by atoms with Crippen LogP contribution < -0.4 is 0 Å². The number of hydrogen-bond acceptors (Lipinski definition) is 2. The molecule has 1 aromatic carbocycles. The van der Waals surface area contributed by atoms with E-state index in [2.05, 4.69) is 36.3 Å². The first kappa shape index (κ1) is 9.78. The summed E-state index contributed by atoms with van der Waals surface area (Å²) in [5, 5.41) is 6.14. The van der Waals surface area contributed by atoms with Gasteiger partial charge in [-0.3, -0.25) is 0 Å². The highest BCUT2D eigenvalue weighted by molar-refractivity contribution is 5.98. The minimum Gasteiger partial charge on any atom is -0.303 e. The van der Waals surface area contributed by atoms with Gasteiger partial charge in [-0.05, 0) is 19.4 Å². The van der Waals surface area contributed by atoms with Crippen molar-refractivity contribution in [3.63, 3.8) is 0 Å². The zero-order chi connectivity index (χ0) is 9.84. The molecule has 0 saturated heterocycles. The monoisotopic (exact) mass is 176 g/mol. The SMILES string of the molecule is C/C(=N/N(C)C)c1ccc(C)cc1. The Balaban J connectivity index is 2.89. The second-order valence-corrected chi connectivity index (χ2v) is 3.40. The molecule has 13 heavy (non-hydrogen) atoms. The molecule has 1 aromatic rings. The summed E-state index contributed by atoms with van der Waals surface area (Å²) in [6.07, 6.45) is 0. The van der Waals surface area contributed by atoms with Gasteiger partial charge in [0.2, 0.25) is 0 Å². The number of aryl methyl sites for hydroxylation is 1. The summed E-state index contributed by atoms with van der Waals surface area (Å²) >= 11 is 0. The van der Waals surface area contributed by atoms with E-state index >= 15 is 0 Å². The Bertz CT molecular complexity index is 296. The van der Waals surface area contributed by atoms with Crippen molar-refractivity contribution in [2.45, 2.75) is 13.8 Å². The van der Waals surface area contributed by atoms with E-state index in [0.717, 1.165) is 5.71 Å². The van der Waals surface area contributed by atoms with E-state index < -0.39 is 0 Å². The van der Waals surface area contributed by atoms with Crippen molar-refractivity contribution in [1.29, 1.82) is 0 Å². The second kappa shape index (κ2) is 4.08. The predicted octanol–water partition coefficient (Wildman–Crippen LogP) is 2.28. The number of rotatable bonds is 2. The summed E-state index contributed by atoms with van der Waals surface area (Å²) in [7, 11) is 3.86. The molecule has 1 rings (SSSR count). The fraction of sp³-hybridized carbons (Fsp3) is 0.364. The fourth-order valence-electron chi connectivity index (χ4n) is 1.15. The second-order valence-electron chi connectivity index (χ2n) is 3.40. The number of benzene rings is 1. The van der Waals surface area contributed by atoms with Gasteiger partial charge in [0.1, 0.15) is 0 Å². The molecular weight excluding hydrogens is 160 g/mol. The lowest BCUT2D eigenvalue weighted by Gasteiger charge is -2.07. The zero-order valence-electron chi connectivity index (χ0n) is 8.70. The van der Waals surface area contributed by atoms with Gasteiger partial charge in [0.25, 0.3) is 0 Å². The van der Waals surface area contributed by atoms with Gasteiger partial charge < -0.3 is 5.01 Å². The molecule has 0 aliphatic heterocycles. The molecule has 0 aromatic heterocycles. The van der Waals surface area contributed by atoms with E-state index in [4.69, 9.17) is 0 Å². The average molecular weight is 176 g/mol. The molecule has 0 aliphatic carbocycles. The van der Waals surface area contributed by atoms with Gasteiger partial charge in [0, 0.05) is 14.1 Å². The molecule has 2 nitrogen and oxygen atoms in total. The topological polar surface area (TPSA) is 15.6 Å². The van der Waals surface area contributed by atoms with Crippen LogP contribution in [0.4, 0.5) is 0 Å². The number of nitrogens with zero attached hydrogens (tertiary/aromatic N) is 2. The van der Waals surface area contributed by atoms with Crippen molar-refractivity contribution in [1.82, 2.24) is 5.01 Å². The average Bonchev–Trinajstić information content (AvgIpc) is 2.04. The lowest BCUT2D eigenvalue weighted by molar-refractivity contribution is 0.438. The van der Waals surface area contributed by atoms with Crippen LogP contribution in [-0.2, 0) is 0 Å². The minimum atomic E-state index is 1.05. The molecule has 0 heterocycles. The summed E-state index contributed by atoms with van der Waals surface area (Å²) in [4.78, 5) is 0. The highest BCUT2D eigenvalue weighted by Gasteiger charge is 1.96. The lowest BCUT2D eigenvalue weighted by atomic mass is 10.1. The molecular formula is C11H16N2. The molecule has 0 radical (unpaired) electrons. The molecule has 2 heteroatoms. The van der Waals surface area contributed by atoms with Gasteiger partial charge in [0.15, 0.2) is 0 Å². The first-order valence-corrected chi connectivity index (χ1v) is 4.39. The third-order valence-electron chi connectivity index (χ3n) is 1.82. The van der Waals surface area contributed by atoms with Crippen LogP contribution in [-0.4, -0.2) is 24.8 Å². The maximum absolute atomic E-state index is 4.33. The Kier molecular flexibility index (Phi) is 3.07. The maximum atomic E-state index is 4.33. The van der Waals surface area contributed by atoms with Crippen molar-refractivity contribution in [2.75, 3.05) is 14.1 Å². The molecule has 0 bridgehead atoms. The van der Waals surface area contributed by atoms with Gasteiger partial charge in [-0.2, -0.15) is 5.10 Å². The Morgan fingerprint density at radius 3 is 2.15 bits per heavy atom. The van der Waals surface area contributed by atoms with E-state index in [9.17, 15) is 0 Å². The van der Waals surface area contributed by atoms with Gasteiger partial charge >= 0.3 is 0 Å². The van der Waals surface area contributed by atoms with E-state index in [0.29, 0.717) is 0 Å². The van der Waals surface area contributed by atoms with E-state index in [1.807, 2.05) is 26.0 Å². The molecule has 0 aliphatic rings. The molecule has 0 fully saturated rings. The fourth-order valence-corrected chi connectivity index (χ4v) is 1.15. The molecule has 0 amide bonds. The van der Waals surface area contributed by atoms with Crippen LogP contribution in [0.2, 0.25) is 0 Å². The molecule has 0 saturated carbocycles. The van der Waals surface area contributed by atoms with Crippen LogP contribution in [0.1, 0.15) is 18.1 Å². The molecule has 0 spiro atoms. The van der Waals surface area contributed by atoms with Crippen LogP contribution in [0, 0.1) is 6.92 Å². The smallest absolute Gasteiger partial charge is 0.0646 e. The van der Waals surface area contributed by atoms with E-state index in [-0.39, 0.29) is 0 Å². The Morgan fingerprint density at radius 1 is 1.15 bits per heavy atom. The molecule has 0 atom stereocenters. The quantitative estimate of drug-likeness (QED) is 0.498. The molecule has 70 valence electrons. The summed E-state index contributed by atoms with van der Waals surface area (Å²) < 4.78 is 0. The molecule has 0 N–H and O–H groups in total. The highest BCUT2D eigenvalue weighted by Crippen LogP contribution is 2.04. The van der Waals surface area contributed by atoms with Gasteiger partial charge in [0.05, 0.1) is 5.71 Å². The van der Waals surface area contributed by atoms with Crippen molar-refractivity contribution < 1.29 is 0 Å². The number of hydrazone groups is 1. The summed E-state index contributed by atoms with van der Waals surface area (Å²) in [5.74, 6) is 0. The Hall–Kier alpha value is -1.31. The van der Waals surface area contributed by atoms with Crippen molar-refractivity contribution in [3.8, 4) is 0 Å². The normalized spacial score (nSPS) is 11.5. The van der Waals surface area contributed by atoms with Crippen LogP contribution in [0.15, 0.2) is 29.4 Å². The Labute approximate surface area is 79.9 Å². The summed E-state index contributed by atoms with van der Waals surface area (Å²) in [5.41, 5.74) is 3.51. The van der Waals surface area contributed by atoms with Crippen LogP contribution in [0.25, 0.3) is 0 Å². The van der Waals surface area contributed by atoms with Crippen LogP contribution >= 0.6 is 0 Å². The standard InChI is InChI=1S/C11H16N2/c1-9-5-7-11(8-6-9)10(2)12-13(3)4/h5-8H,1-4H3/b12-10-. The third kappa shape index (κ3) is 2.90. The van der Waals surface area contributed by atoms with E-state index in [1.165, 1.54) is 11.1 Å². The van der Waals surface area contributed by atoms with Crippen molar-refractivity contribution >= 4 is 5.71 Å². The largest absolute Gasteiger partial charge is 0.303 e. The first-order chi connectivity index (χ1) is 6.09. The van der Waals surface area contributed by atoms with Gasteiger partial charge in [-0.25, -0.2) is 0 Å². The minimum absolute atomic E-state index is 1.05. The van der Waals surface area contributed by atoms with Gasteiger partial charge in [-0.15, -0.1) is 0 Å². The highest BCUT2D eigenvalue weighted by atomic mass is 15.4. The van der Waals surface area contributed by atoms with Crippen molar-refractivity contribution in [2.24, 2.45) is 5.10 Å². The van der Waals surface area contributed by atoms with Crippen LogP contribution in [0.3, 0.4) is 0 Å². The Morgan fingerprint density at radius 2 is 1.69 bits per heavy atom. The van der Waals surface area contributed by atoms with Gasteiger partial charge in [-0.1, -0.05) is 29.8 Å². The molecule has 0 unspecified atom stereocenters. The first-order valence-electron chi connectivity index (χ1n) is 4.39. The van der Waals surface area contributed by atoms with E-state index in [1.54, 1.807) is 0 Å². The lowest BCUT2D eigenvalue weighted by Crippen LogP contribution is -2.07. The van der Waals surface area contributed by atoms with Crippen LogP contribution in [0.5, 0.6) is 0 Å². The van der Waals surface area contributed by atoms with Crippen molar-refractivity contribution in [3.05, 3.63) is 35.4 Å². The number of hydrogen-bond donors (Lipinski definition) is 0. The summed E-state index contributed by atoms with van der Waals surface area (Å²) in [6, 6.07) is 8.39.